The second-order valence-corrected chi connectivity index (χ2v) is 7.08. The molecule has 0 aliphatic rings. The minimum atomic E-state index is -0.650. The number of anilines is 1. The van der Waals surface area contributed by atoms with Crippen LogP contribution < -0.4 is 15.4 Å². The number of benzene rings is 2. The van der Waals surface area contributed by atoms with Crippen molar-refractivity contribution in [1.29, 1.82) is 0 Å². The summed E-state index contributed by atoms with van der Waals surface area (Å²) in [4.78, 5) is 13.9. The second-order valence-electron chi connectivity index (χ2n) is 5.88. The molecular weight excluding hydrogens is 360 g/mol. The van der Waals surface area contributed by atoms with Crippen LogP contribution in [0.25, 0.3) is 0 Å². The molecule has 140 valence electrons. The molecular formula is C21H22N2O3S. The zero-order valence-corrected chi connectivity index (χ0v) is 15.8. The molecule has 1 aromatic heterocycles. The van der Waals surface area contributed by atoms with Gasteiger partial charge in [0.05, 0.1) is 13.2 Å². The van der Waals surface area contributed by atoms with Crippen molar-refractivity contribution < 1.29 is 14.6 Å². The predicted octanol–water partition coefficient (Wildman–Crippen LogP) is 4.55. The van der Waals surface area contributed by atoms with Gasteiger partial charge in [0.15, 0.2) is 0 Å². The van der Waals surface area contributed by atoms with Gasteiger partial charge in [0.25, 0.3) is 0 Å². The zero-order chi connectivity index (χ0) is 19.1. The van der Waals surface area contributed by atoms with Crippen molar-refractivity contribution in [2.75, 3.05) is 11.9 Å². The molecule has 3 aromatic rings. The Labute approximate surface area is 162 Å². The lowest BCUT2D eigenvalue weighted by atomic mass is 10.1. The van der Waals surface area contributed by atoms with Gasteiger partial charge in [0.1, 0.15) is 11.9 Å². The normalized spacial score (nSPS) is 11.6. The van der Waals surface area contributed by atoms with Gasteiger partial charge in [0, 0.05) is 15.4 Å². The summed E-state index contributed by atoms with van der Waals surface area (Å²) in [7, 11) is 0. The van der Waals surface area contributed by atoms with Crippen LogP contribution in [0.1, 0.15) is 28.3 Å². The van der Waals surface area contributed by atoms with E-state index in [9.17, 15) is 9.90 Å². The highest BCUT2D eigenvalue weighted by molar-refractivity contribution is 7.12. The molecule has 1 heterocycles. The third-order valence-electron chi connectivity index (χ3n) is 3.91. The lowest BCUT2D eigenvalue weighted by molar-refractivity contribution is 0.224. The van der Waals surface area contributed by atoms with E-state index in [-0.39, 0.29) is 6.03 Å². The Bertz CT molecular complexity index is 863. The van der Waals surface area contributed by atoms with Crippen LogP contribution >= 0.6 is 11.3 Å². The Morgan fingerprint density at radius 2 is 1.81 bits per heavy atom. The van der Waals surface area contributed by atoms with Crippen LogP contribution in [0.3, 0.4) is 0 Å². The standard InChI is InChI=1S/C21H22N2O3S/c1-2-26-17-10-8-16(9-11-17)23-21(25)22-14-18-12-13-19(27-18)20(24)15-6-4-3-5-7-15/h3-13,20,24H,2,14H2,1H3,(H2,22,23,25)/t20-/m0/s1. The van der Waals surface area contributed by atoms with Crippen LogP contribution in [0.15, 0.2) is 66.7 Å². The number of ether oxygens (including phenoxy) is 1. The number of rotatable bonds is 7. The van der Waals surface area contributed by atoms with Gasteiger partial charge in [0.2, 0.25) is 0 Å². The first-order valence-corrected chi connectivity index (χ1v) is 9.56. The third-order valence-corrected chi connectivity index (χ3v) is 5.05. The van der Waals surface area contributed by atoms with Crippen molar-refractivity contribution in [2.45, 2.75) is 19.6 Å². The maximum absolute atomic E-state index is 12.1. The van der Waals surface area contributed by atoms with Crippen LogP contribution in [0, 0.1) is 0 Å². The highest BCUT2D eigenvalue weighted by Crippen LogP contribution is 2.28. The minimum Gasteiger partial charge on any atom is -0.494 e. The van der Waals surface area contributed by atoms with Gasteiger partial charge < -0.3 is 20.5 Å². The molecule has 0 spiro atoms. The Hall–Kier alpha value is -2.83. The van der Waals surface area contributed by atoms with Crippen LogP contribution in [-0.2, 0) is 6.54 Å². The molecule has 2 amide bonds. The van der Waals surface area contributed by atoms with E-state index in [2.05, 4.69) is 10.6 Å². The number of carbonyl (C=O) groups excluding carboxylic acids is 1. The molecule has 0 fully saturated rings. The van der Waals surface area contributed by atoms with Crippen LogP contribution in [0.4, 0.5) is 10.5 Å². The molecule has 27 heavy (non-hydrogen) atoms. The summed E-state index contributed by atoms with van der Waals surface area (Å²) in [6.45, 7) is 2.93. The largest absolute Gasteiger partial charge is 0.494 e. The highest BCUT2D eigenvalue weighted by Gasteiger charge is 2.13. The van der Waals surface area contributed by atoms with E-state index in [0.717, 1.165) is 21.1 Å². The van der Waals surface area contributed by atoms with E-state index in [0.29, 0.717) is 18.8 Å². The summed E-state index contributed by atoms with van der Waals surface area (Å²) >= 11 is 1.48. The molecule has 5 nitrogen and oxygen atoms in total. The Kier molecular flexibility index (Phi) is 6.46. The number of carbonyl (C=O) groups is 1. The lowest BCUT2D eigenvalue weighted by Crippen LogP contribution is -2.27. The number of aliphatic hydroxyl groups excluding tert-OH is 1. The Morgan fingerprint density at radius 1 is 1.07 bits per heavy atom. The average Bonchev–Trinajstić information content (AvgIpc) is 3.17. The van der Waals surface area contributed by atoms with E-state index in [4.69, 9.17) is 4.74 Å². The number of nitrogens with one attached hydrogen (secondary N) is 2. The van der Waals surface area contributed by atoms with Crippen molar-refractivity contribution in [3.63, 3.8) is 0 Å². The van der Waals surface area contributed by atoms with Crippen molar-refractivity contribution in [3.05, 3.63) is 82.0 Å². The molecule has 6 heteroatoms. The summed E-state index contributed by atoms with van der Waals surface area (Å²) in [6.07, 6.45) is -0.650. The van der Waals surface area contributed by atoms with Gasteiger partial charge in [-0.25, -0.2) is 4.79 Å². The van der Waals surface area contributed by atoms with Crippen LogP contribution in [0.2, 0.25) is 0 Å². The molecule has 0 unspecified atom stereocenters. The number of urea groups is 1. The van der Waals surface area contributed by atoms with E-state index < -0.39 is 6.10 Å². The number of thiophene rings is 1. The monoisotopic (exact) mass is 382 g/mol. The number of amides is 2. The predicted molar refractivity (Wildman–Crippen MR) is 108 cm³/mol. The first-order chi connectivity index (χ1) is 13.2. The quantitative estimate of drug-likeness (QED) is 0.561. The van der Waals surface area contributed by atoms with Gasteiger partial charge >= 0.3 is 6.03 Å². The van der Waals surface area contributed by atoms with E-state index >= 15 is 0 Å². The fourth-order valence-corrected chi connectivity index (χ4v) is 3.55. The molecule has 3 rings (SSSR count). The summed E-state index contributed by atoms with van der Waals surface area (Å²) in [5.41, 5.74) is 1.55. The summed E-state index contributed by atoms with van der Waals surface area (Å²) in [5, 5.41) is 16.1. The smallest absolute Gasteiger partial charge is 0.319 e. The molecule has 0 radical (unpaired) electrons. The number of hydrogen-bond donors (Lipinski definition) is 3. The topological polar surface area (TPSA) is 70.6 Å². The molecule has 0 saturated carbocycles. The van der Waals surface area contributed by atoms with E-state index in [1.54, 1.807) is 12.1 Å². The highest BCUT2D eigenvalue weighted by atomic mass is 32.1. The third kappa shape index (κ3) is 5.32. The maximum atomic E-state index is 12.1. The van der Waals surface area contributed by atoms with E-state index in [1.165, 1.54) is 11.3 Å². The molecule has 0 aliphatic heterocycles. The molecule has 0 aliphatic carbocycles. The average molecular weight is 382 g/mol. The lowest BCUT2D eigenvalue weighted by Gasteiger charge is -2.09. The number of hydrogen-bond acceptors (Lipinski definition) is 4. The molecule has 2 aromatic carbocycles. The van der Waals surface area contributed by atoms with Crippen molar-refractivity contribution in [1.82, 2.24) is 5.32 Å². The van der Waals surface area contributed by atoms with Crippen molar-refractivity contribution >= 4 is 23.1 Å². The Morgan fingerprint density at radius 3 is 2.52 bits per heavy atom. The molecule has 0 saturated heterocycles. The Balaban J connectivity index is 1.51. The zero-order valence-electron chi connectivity index (χ0n) is 15.0. The number of aliphatic hydroxyl groups is 1. The summed E-state index contributed by atoms with van der Waals surface area (Å²) in [5.74, 6) is 0.770. The minimum absolute atomic E-state index is 0.280. The van der Waals surface area contributed by atoms with Gasteiger partial charge in [-0.05, 0) is 48.9 Å². The van der Waals surface area contributed by atoms with Gasteiger partial charge in [-0.15, -0.1) is 11.3 Å². The van der Waals surface area contributed by atoms with Gasteiger partial charge in [-0.2, -0.15) is 0 Å². The molecule has 0 bridgehead atoms. The summed E-state index contributed by atoms with van der Waals surface area (Å²) < 4.78 is 5.38. The molecule has 3 N–H and O–H groups in total. The maximum Gasteiger partial charge on any atom is 0.319 e. The fourth-order valence-electron chi connectivity index (χ4n) is 2.58. The van der Waals surface area contributed by atoms with Crippen molar-refractivity contribution in [2.24, 2.45) is 0 Å². The van der Waals surface area contributed by atoms with Gasteiger partial charge in [-0.3, -0.25) is 0 Å². The van der Waals surface area contributed by atoms with Crippen molar-refractivity contribution in [3.8, 4) is 5.75 Å². The van der Waals surface area contributed by atoms with Crippen LogP contribution in [0.5, 0.6) is 5.75 Å². The van der Waals surface area contributed by atoms with Crippen LogP contribution in [-0.4, -0.2) is 17.7 Å². The van der Waals surface area contributed by atoms with Gasteiger partial charge in [-0.1, -0.05) is 30.3 Å². The first kappa shape index (κ1) is 18.9. The second kappa shape index (κ2) is 9.21. The fraction of sp³-hybridized carbons (Fsp3) is 0.190. The SMILES string of the molecule is CCOc1ccc(NC(=O)NCc2ccc([C@@H](O)c3ccccc3)s2)cc1. The summed E-state index contributed by atoms with van der Waals surface area (Å²) in [6, 6.07) is 20.3. The first-order valence-electron chi connectivity index (χ1n) is 8.75. The van der Waals surface area contributed by atoms with E-state index in [1.807, 2.05) is 61.5 Å². The molecule has 1 atom stereocenters.